The number of aliphatic hydroxyl groups is 1. The smallest absolute Gasteiger partial charge is 0.225 e. The molecule has 0 bridgehead atoms. The van der Waals surface area contributed by atoms with Gasteiger partial charge in [-0.05, 0) is 31.7 Å². The number of hydrogen-bond donors (Lipinski definition) is 3. The van der Waals surface area contributed by atoms with Gasteiger partial charge in [0.05, 0.1) is 18.3 Å². The summed E-state index contributed by atoms with van der Waals surface area (Å²) in [7, 11) is 0. The number of nitrogens with zero attached hydrogens (tertiary/aromatic N) is 4. The van der Waals surface area contributed by atoms with Crippen LogP contribution in [0.2, 0.25) is 0 Å². The van der Waals surface area contributed by atoms with E-state index in [-0.39, 0.29) is 24.6 Å². The molecule has 156 valence electrons. The van der Waals surface area contributed by atoms with Crippen molar-refractivity contribution < 1.29 is 5.11 Å². The highest BCUT2D eigenvalue weighted by Crippen LogP contribution is 2.31. The largest absolute Gasteiger partial charge is 0.394 e. The molecule has 0 spiro atoms. The summed E-state index contributed by atoms with van der Waals surface area (Å²) in [6, 6.07) is 10.3. The summed E-state index contributed by atoms with van der Waals surface area (Å²) >= 11 is 0. The van der Waals surface area contributed by atoms with Gasteiger partial charge in [0.2, 0.25) is 5.95 Å². The van der Waals surface area contributed by atoms with Crippen LogP contribution in [0.15, 0.2) is 30.3 Å². The van der Waals surface area contributed by atoms with Crippen LogP contribution in [0.5, 0.6) is 0 Å². The summed E-state index contributed by atoms with van der Waals surface area (Å²) in [6.07, 6.45) is 0.785. The number of rotatable bonds is 9. The van der Waals surface area contributed by atoms with Crippen LogP contribution in [-0.2, 0) is 6.54 Å². The van der Waals surface area contributed by atoms with Crippen molar-refractivity contribution in [3.8, 4) is 0 Å². The molecule has 2 aromatic heterocycles. The van der Waals surface area contributed by atoms with Crippen LogP contribution >= 0.6 is 0 Å². The zero-order valence-electron chi connectivity index (χ0n) is 18.0. The first-order chi connectivity index (χ1) is 13.9. The molecule has 0 radical (unpaired) electrons. The van der Waals surface area contributed by atoms with Crippen molar-refractivity contribution in [3.05, 3.63) is 41.6 Å². The van der Waals surface area contributed by atoms with Crippen molar-refractivity contribution in [1.29, 1.82) is 0 Å². The molecule has 0 saturated carbocycles. The molecule has 1 unspecified atom stereocenters. The number of aliphatic hydroxyl groups excluding tert-OH is 1. The Morgan fingerprint density at radius 2 is 1.79 bits per heavy atom. The summed E-state index contributed by atoms with van der Waals surface area (Å²) in [5.41, 5.74) is 3.91. The average molecular weight is 397 g/mol. The second kappa shape index (κ2) is 9.22. The third-order valence-electron chi connectivity index (χ3n) is 4.96. The molecule has 3 rings (SSSR count). The van der Waals surface area contributed by atoms with E-state index < -0.39 is 0 Å². The van der Waals surface area contributed by atoms with Crippen LogP contribution in [0.25, 0.3) is 11.0 Å². The second-order valence-electron chi connectivity index (χ2n) is 7.94. The monoisotopic (exact) mass is 396 g/mol. The number of fused-ring (bicyclic) bond motifs is 1. The van der Waals surface area contributed by atoms with E-state index >= 15 is 0 Å². The van der Waals surface area contributed by atoms with Gasteiger partial charge in [0, 0.05) is 12.6 Å². The predicted octanol–water partition coefficient (Wildman–Crippen LogP) is 4.33. The van der Waals surface area contributed by atoms with Gasteiger partial charge in [-0.1, -0.05) is 51.1 Å². The fourth-order valence-corrected chi connectivity index (χ4v) is 3.26. The molecular weight excluding hydrogens is 364 g/mol. The highest BCUT2D eigenvalue weighted by Gasteiger charge is 2.22. The molecule has 29 heavy (non-hydrogen) atoms. The van der Waals surface area contributed by atoms with Gasteiger partial charge < -0.3 is 15.7 Å². The summed E-state index contributed by atoms with van der Waals surface area (Å²) in [4.78, 5) is 9.56. The topological polar surface area (TPSA) is 87.9 Å². The van der Waals surface area contributed by atoms with Crippen LogP contribution in [-0.4, -0.2) is 37.5 Å². The molecule has 1 aromatic carbocycles. The molecule has 0 amide bonds. The average Bonchev–Trinajstić information content (AvgIpc) is 3.11. The van der Waals surface area contributed by atoms with Crippen LogP contribution in [0, 0.1) is 0 Å². The Kier molecular flexibility index (Phi) is 6.69. The highest BCUT2D eigenvalue weighted by molar-refractivity contribution is 5.89. The summed E-state index contributed by atoms with van der Waals surface area (Å²) in [5.74, 6) is 1.50. The molecule has 0 fully saturated rings. The van der Waals surface area contributed by atoms with Gasteiger partial charge in [-0.25, -0.2) is 4.98 Å². The van der Waals surface area contributed by atoms with E-state index in [1.165, 1.54) is 5.56 Å². The Balaban J connectivity index is 2.10. The lowest BCUT2D eigenvalue weighted by molar-refractivity contribution is 0.271. The lowest BCUT2D eigenvalue weighted by Gasteiger charge is -2.17. The normalized spacial score (nSPS) is 12.7. The van der Waals surface area contributed by atoms with E-state index in [1.807, 2.05) is 29.8 Å². The zero-order chi connectivity index (χ0) is 21.0. The molecule has 7 heteroatoms. The van der Waals surface area contributed by atoms with Gasteiger partial charge in [-0.2, -0.15) is 10.1 Å². The molecule has 2 heterocycles. The van der Waals surface area contributed by atoms with Crippen LogP contribution in [0.4, 0.5) is 11.8 Å². The van der Waals surface area contributed by atoms with E-state index in [1.54, 1.807) is 0 Å². The second-order valence-corrected chi connectivity index (χ2v) is 7.94. The fourth-order valence-electron chi connectivity index (χ4n) is 3.26. The standard InChI is InChI=1S/C22H32N6O/c1-6-17(13-29)24-22-25-19-18(14(2)3)27-28(15(4)5)20(19)21(26-22)23-12-16-10-8-7-9-11-16/h7-11,14-15,17,29H,6,12-13H2,1-5H3,(H2,23,24,25,26). The lowest BCUT2D eigenvalue weighted by atomic mass is 10.1. The Morgan fingerprint density at radius 1 is 1.07 bits per heavy atom. The number of hydrogen-bond acceptors (Lipinski definition) is 6. The first-order valence-electron chi connectivity index (χ1n) is 10.4. The van der Waals surface area contributed by atoms with Gasteiger partial charge in [-0.3, -0.25) is 4.68 Å². The van der Waals surface area contributed by atoms with Crippen molar-refractivity contribution in [2.75, 3.05) is 17.2 Å². The molecule has 7 nitrogen and oxygen atoms in total. The first kappa shape index (κ1) is 21.0. The highest BCUT2D eigenvalue weighted by atomic mass is 16.3. The Bertz CT molecular complexity index is 931. The molecule has 0 aliphatic rings. The number of nitrogens with one attached hydrogen (secondary N) is 2. The quantitative estimate of drug-likeness (QED) is 0.499. The molecule has 3 aromatic rings. The maximum Gasteiger partial charge on any atom is 0.225 e. The SMILES string of the molecule is CCC(CO)Nc1nc(NCc2ccccc2)c2c(n1)c(C(C)C)nn2C(C)C. The molecule has 0 saturated heterocycles. The van der Waals surface area contributed by atoms with Gasteiger partial charge in [0.1, 0.15) is 11.0 Å². The Morgan fingerprint density at radius 3 is 2.38 bits per heavy atom. The van der Waals surface area contributed by atoms with Crippen molar-refractivity contribution in [2.24, 2.45) is 0 Å². The van der Waals surface area contributed by atoms with E-state index in [2.05, 4.69) is 50.5 Å². The molecule has 0 aliphatic heterocycles. The molecule has 3 N–H and O–H groups in total. The Labute approximate surface area is 172 Å². The van der Waals surface area contributed by atoms with Gasteiger partial charge in [-0.15, -0.1) is 0 Å². The van der Waals surface area contributed by atoms with Crippen molar-refractivity contribution in [3.63, 3.8) is 0 Å². The van der Waals surface area contributed by atoms with E-state index in [9.17, 15) is 5.11 Å². The summed E-state index contributed by atoms with van der Waals surface area (Å²) in [5, 5.41) is 21.2. The number of anilines is 2. The van der Waals surface area contributed by atoms with Crippen LogP contribution in [0.3, 0.4) is 0 Å². The van der Waals surface area contributed by atoms with Crippen molar-refractivity contribution >= 4 is 22.8 Å². The molecule has 1 atom stereocenters. The van der Waals surface area contributed by atoms with Crippen LogP contribution < -0.4 is 10.6 Å². The summed E-state index contributed by atoms with van der Waals surface area (Å²) in [6.45, 7) is 11.2. The minimum atomic E-state index is -0.0860. The van der Waals surface area contributed by atoms with Gasteiger partial charge in [0.15, 0.2) is 5.82 Å². The minimum Gasteiger partial charge on any atom is -0.394 e. The Hall–Kier alpha value is -2.67. The minimum absolute atomic E-state index is 0.0347. The third kappa shape index (κ3) is 4.67. The zero-order valence-corrected chi connectivity index (χ0v) is 18.0. The van der Waals surface area contributed by atoms with Crippen LogP contribution in [0.1, 0.15) is 64.3 Å². The van der Waals surface area contributed by atoms with Crippen molar-refractivity contribution in [1.82, 2.24) is 19.7 Å². The molecule has 0 aliphatic carbocycles. The van der Waals surface area contributed by atoms with E-state index in [0.29, 0.717) is 12.5 Å². The first-order valence-corrected chi connectivity index (χ1v) is 10.4. The van der Waals surface area contributed by atoms with Gasteiger partial charge in [0.25, 0.3) is 0 Å². The number of aromatic nitrogens is 4. The van der Waals surface area contributed by atoms with E-state index in [4.69, 9.17) is 15.1 Å². The van der Waals surface area contributed by atoms with Gasteiger partial charge >= 0.3 is 0 Å². The maximum atomic E-state index is 9.59. The molecular formula is C22H32N6O. The number of benzene rings is 1. The van der Waals surface area contributed by atoms with Crippen molar-refractivity contribution in [2.45, 2.75) is 65.6 Å². The predicted molar refractivity (Wildman–Crippen MR) is 118 cm³/mol. The fraction of sp³-hybridized carbons (Fsp3) is 0.500. The summed E-state index contributed by atoms with van der Waals surface area (Å²) < 4.78 is 2.01. The van der Waals surface area contributed by atoms with E-state index in [0.717, 1.165) is 29.0 Å². The third-order valence-corrected chi connectivity index (χ3v) is 4.96. The maximum absolute atomic E-state index is 9.59. The lowest BCUT2D eigenvalue weighted by Crippen LogP contribution is -2.24.